The van der Waals surface area contributed by atoms with Crippen LogP contribution in [0.15, 0.2) is 0 Å². The van der Waals surface area contributed by atoms with Gasteiger partial charge in [0.05, 0.1) is 0 Å². The normalized spacial score (nSPS) is 30.2. The fraction of sp³-hybridized carbons (Fsp3) is 0.900. The van der Waals surface area contributed by atoms with E-state index in [1.54, 1.807) is 0 Å². The molecule has 1 aliphatic rings. The van der Waals surface area contributed by atoms with Gasteiger partial charge in [-0.3, -0.25) is 4.79 Å². The second kappa shape index (κ2) is 4.86. The Hall–Kier alpha value is -0.0400. The Morgan fingerprint density at radius 2 is 1.92 bits per heavy atom. The van der Waals surface area contributed by atoms with Crippen LogP contribution in [0, 0.1) is 11.8 Å². The van der Waals surface area contributed by atoms with Gasteiger partial charge in [-0.2, -0.15) is 0 Å². The number of rotatable bonds is 3. The molecule has 0 bridgehead atoms. The van der Waals surface area contributed by atoms with E-state index in [0.717, 1.165) is 18.8 Å². The van der Waals surface area contributed by atoms with Crippen LogP contribution in [0.3, 0.4) is 0 Å². The summed E-state index contributed by atoms with van der Waals surface area (Å²) < 4.78 is 0. The van der Waals surface area contributed by atoms with Crippen molar-refractivity contribution >= 4 is 16.8 Å². The van der Waals surface area contributed by atoms with Crippen LogP contribution < -0.4 is 0 Å². The molecular formula is C10H17ClO. The van der Waals surface area contributed by atoms with Crippen molar-refractivity contribution in [2.24, 2.45) is 11.8 Å². The van der Waals surface area contributed by atoms with Gasteiger partial charge in [-0.15, -0.1) is 0 Å². The van der Waals surface area contributed by atoms with Gasteiger partial charge in [0.1, 0.15) is 0 Å². The monoisotopic (exact) mass is 188 g/mol. The molecule has 0 unspecified atom stereocenters. The highest BCUT2D eigenvalue weighted by Crippen LogP contribution is 2.32. The third-order valence-electron chi connectivity index (χ3n) is 2.86. The number of carbonyl (C=O) groups excluding carboxylic acids is 1. The quantitative estimate of drug-likeness (QED) is 0.621. The van der Waals surface area contributed by atoms with Gasteiger partial charge in [0.25, 0.3) is 0 Å². The molecule has 1 aliphatic carbocycles. The van der Waals surface area contributed by atoms with E-state index >= 15 is 0 Å². The molecule has 1 rings (SSSR count). The van der Waals surface area contributed by atoms with Crippen LogP contribution in [0.1, 0.15) is 45.4 Å². The van der Waals surface area contributed by atoms with E-state index in [1.165, 1.54) is 25.7 Å². The minimum atomic E-state index is -0.120. The van der Waals surface area contributed by atoms with Crippen LogP contribution in [-0.2, 0) is 4.79 Å². The van der Waals surface area contributed by atoms with Crippen molar-refractivity contribution in [1.82, 2.24) is 0 Å². The summed E-state index contributed by atoms with van der Waals surface area (Å²) in [5.74, 6) is 1.03. The van der Waals surface area contributed by atoms with Crippen molar-refractivity contribution in [1.29, 1.82) is 0 Å². The van der Waals surface area contributed by atoms with Crippen LogP contribution in [-0.4, -0.2) is 5.24 Å². The molecule has 0 aliphatic heterocycles. The Balaban J connectivity index is 2.25. The fourth-order valence-electron chi connectivity index (χ4n) is 2.09. The molecule has 1 saturated carbocycles. The van der Waals surface area contributed by atoms with Crippen LogP contribution >= 0.6 is 11.6 Å². The van der Waals surface area contributed by atoms with E-state index < -0.39 is 0 Å². The van der Waals surface area contributed by atoms with Gasteiger partial charge in [-0.05, 0) is 43.2 Å². The van der Waals surface area contributed by atoms with E-state index in [-0.39, 0.29) is 11.2 Å². The lowest BCUT2D eigenvalue weighted by Gasteiger charge is -2.25. The zero-order valence-corrected chi connectivity index (χ0v) is 8.44. The van der Waals surface area contributed by atoms with Gasteiger partial charge in [-0.1, -0.05) is 19.8 Å². The van der Waals surface area contributed by atoms with Gasteiger partial charge in [0.15, 0.2) is 0 Å². The molecule has 0 saturated heterocycles. The summed E-state index contributed by atoms with van der Waals surface area (Å²) in [6.07, 6.45) is 7.04. The van der Waals surface area contributed by atoms with Crippen molar-refractivity contribution < 1.29 is 4.79 Å². The molecule has 0 heterocycles. The van der Waals surface area contributed by atoms with E-state index in [4.69, 9.17) is 11.6 Å². The molecule has 0 radical (unpaired) electrons. The van der Waals surface area contributed by atoms with Crippen LogP contribution in [0.4, 0.5) is 0 Å². The maximum absolute atomic E-state index is 10.8. The van der Waals surface area contributed by atoms with Crippen molar-refractivity contribution in [2.45, 2.75) is 45.4 Å². The maximum atomic E-state index is 10.8. The van der Waals surface area contributed by atoms with Crippen molar-refractivity contribution in [2.75, 3.05) is 0 Å². The molecule has 0 N–H and O–H groups in total. The van der Waals surface area contributed by atoms with E-state index in [2.05, 4.69) is 6.92 Å². The zero-order chi connectivity index (χ0) is 8.97. The second-order valence-electron chi connectivity index (χ2n) is 3.81. The summed E-state index contributed by atoms with van der Waals surface area (Å²) in [7, 11) is 0. The zero-order valence-electron chi connectivity index (χ0n) is 7.68. The number of carbonyl (C=O) groups is 1. The fourth-order valence-corrected chi connectivity index (χ4v) is 2.30. The van der Waals surface area contributed by atoms with E-state index in [1.807, 2.05) is 0 Å². The molecule has 0 aromatic rings. The maximum Gasteiger partial charge on any atom is 0.224 e. The van der Waals surface area contributed by atoms with Crippen molar-refractivity contribution in [3.63, 3.8) is 0 Å². The smallest absolute Gasteiger partial charge is 0.224 e. The van der Waals surface area contributed by atoms with Crippen LogP contribution in [0.25, 0.3) is 0 Å². The minimum absolute atomic E-state index is 0.120. The summed E-state index contributed by atoms with van der Waals surface area (Å²) in [6.45, 7) is 2.22. The van der Waals surface area contributed by atoms with Crippen molar-refractivity contribution in [3.8, 4) is 0 Å². The highest BCUT2D eigenvalue weighted by atomic mass is 35.5. The average molecular weight is 189 g/mol. The Bertz CT molecular complexity index is 148. The Morgan fingerprint density at radius 3 is 2.33 bits per heavy atom. The summed E-state index contributed by atoms with van der Waals surface area (Å²) in [5.41, 5.74) is 0. The van der Waals surface area contributed by atoms with E-state index in [0.29, 0.717) is 0 Å². The molecule has 70 valence electrons. The van der Waals surface area contributed by atoms with Gasteiger partial charge < -0.3 is 0 Å². The predicted molar refractivity (Wildman–Crippen MR) is 51.2 cm³/mol. The number of halogens is 1. The van der Waals surface area contributed by atoms with Gasteiger partial charge in [0.2, 0.25) is 5.24 Å². The highest BCUT2D eigenvalue weighted by Gasteiger charge is 2.24. The lowest BCUT2D eigenvalue weighted by molar-refractivity contribution is -0.116. The lowest BCUT2D eigenvalue weighted by atomic mass is 9.81. The van der Waals surface area contributed by atoms with Gasteiger partial charge in [-0.25, -0.2) is 0 Å². The molecule has 0 aromatic heterocycles. The topological polar surface area (TPSA) is 17.1 Å². The first-order valence-corrected chi connectivity index (χ1v) is 5.31. The first kappa shape index (κ1) is 10.0. The number of hydrogen-bond donors (Lipinski definition) is 0. The molecule has 12 heavy (non-hydrogen) atoms. The van der Waals surface area contributed by atoms with Gasteiger partial charge in [0, 0.05) is 5.92 Å². The van der Waals surface area contributed by atoms with Crippen molar-refractivity contribution in [3.05, 3.63) is 0 Å². The molecule has 0 atom stereocenters. The summed E-state index contributed by atoms with van der Waals surface area (Å²) >= 11 is 5.44. The third kappa shape index (κ3) is 2.78. The third-order valence-corrected chi connectivity index (χ3v) is 3.17. The minimum Gasteiger partial charge on any atom is -0.281 e. The first-order chi connectivity index (χ1) is 5.74. The molecule has 1 fully saturated rings. The van der Waals surface area contributed by atoms with Crippen LogP contribution in [0.5, 0.6) is 0 Å². The SMILES string of the molecule is CCC[C@H]1CC[C@H](C(=O)Cl)CC1. The lowest BCUT2D eigenvalue weighted by Crippen LogP contribution is -2.18. The summed E-state index contributed by atoms with van der Waals surface area (Å²) in [5, 5.41) is -0.120. The Kier molecular flexibility index (Phi) is 4.07. The molecule has 0 spiro atoms. The Morgan fingerprint density at radius 1 is 1.33 bits per heavy atom. The summed E-state index contributed by atoms with van der Waals surface area (Å²) in [4.78, 5) is 10.8. The second-order valence-corrected chi connectivity index (χ2v) is 4.18. The predicted octanol–water partition coefficient (Wildman–Crippen LogP) is 3.36. The Labute approximate surface area is 79.5 Å². The van der Waals surface area contributed by atoms with Gasteiger partial charge >= 0.3 is 0 Å². The largest absolute Gasteiger partial charge is 0.281 e. The molecular weight excluding hydrogens is 172 g/mol. The van der Waals surface area contributed by atoms with Crippen LogP contribution in [0.2, 0.25) is 0 Å². The average Bonchev–Trinajstić information content (AvgIpc) is 2.06. The molecule has 2 heteroatoms. The van der Waals surface area contributed by atoms with E-state index in [9.17, 15) is 4.79 Å². The number of hydrogen-bond acceptors (Lipinski definition) is 1. The summed E-state index contributed by atoms with van der Waals surface area (Å²) in [6, 6.07) is 0. The first-order valence-electron chi connectivity index (χ1n) is 4.93. The molecule has 0 amide bonds. The molecule has 1 nitrogen and oxygen atoms in total. The molecule has 0 aromatic carbocycles. The standard InChI is InChI=1S/C10H17ClO/c1-2-3-8-4-6-9(7-5-8)10(11)12/h8-9H,2-7H2,1H3/t8-,9-. The highest BCUT2D eigenvalue weighted by molar-refractivity contribution is 6.63.